The van der Waals surface area contributed by atoms with E-state index in [1.54, 1.807) is 13.1 Å². The first-order valence-corrected chi connectivity index (χ1v) is 12.6. The van der Waals surface area contributed by atoms with Gasteiger partial charge in [-0.3, -0.25) is 4.79 Å². The summed E-state index contributed by atoms with van der Waals surface area (Å²) in [6, 6.07) is 14.8. The summed E-state index contributed by atoms with van der Waals surface area (Å²) in [5, 5.41) is 9.88. The molecule has 1 aliphatic rings. The fraction of sp³-hybridized carbons (Fsp3) is 0.214. The van der Waals surface area contributed by atoms with Gasteiger partial charge >= 0.3 is 0 Å². The number of aryl methyl sites for hydroxylation is 1. The zero-order chi connectivity index (χ0) is 28.2. The van der Waals surface area contributed by atoms with Gasteiger partial charge in [0.2, 0.25) is 0 Å². The van der Waals surface area contributed by atoms with E-state index in [1.807, 2.05) is 54.3 Å². The van der Waals surface area contributed by atoms with E-state index in [0.717, 1.165) is 22.8 Å². The number of rotatable bonds is 8. The minimum atomic E-state index is -0.947. The molecule has 11 nitrogen and oxygen atoms in total. The molecule has 0 unspecified atom stereocenters. The molecule has 1 aliphatic heterocycles. The molecule has 204 valence electrons. The third-order valence-corrected chi connectivity index (χ3v) is 6.61. The van der Waals surface area contributed by atoms with Gasteiger partial charge < -0.3 is 25.2 Å². The van der Waals surface area contributed by atoms with Crippen LogP contribution in [0.2, 0.25) is 0 Å². The fourth-order valence-electron chi connectivity index (χ4n) is 4.49. The number of halogens is 1. The minimum absolute atomic E-state index is 0.379. The number of piperazine rings is 1. The molecule has 40 heavy (non-hydrogen) atoms. The maximum Gasteiger partial charge on any atom is 0.282 e. The Hall–Kier alpha value is -5.13. The Kier molecular flexibility index (Phi) is 7.49. The second kappa shape index (κ2) is 11.3. The van der Waals surface area contributed by atoms with Crippen molar-refractivity contribution in [1.29, 1.82) is 5.53 Å². The number of nitrogens with one attached hydrogen (secondary N) is 3. The Morgan fingerprint density at radius 3 is 2.60 bits per heavy atom. The Bertz CT molecular complexity index is 1600. The normalized spacial score (nSPS) is 13.2. The van der Waals surface area contributed by atoms with Gasteiger partial charge in [-0.1, -0.05) is 6.58 Å². The highest BCUT2D eigenvalue weighted by Crippen LogP contribution is 2.34. The lowest BCUT2D eigenvalue weighted by molar-refractivity contribution is -0.128. The van der Waals surface area contributed by atoms with Crippen LogP contribution in [0.3, 0.4) is 0 Å². The Labute approximate surface area is 230 Å². The van der Waals surface area contributed by atoms with Crippen LogP contribution in [0.25, 0.3) is 11.0 Å². The Morgan fingerprint density at radius 2 is 1.90 bits per heavy atom. The van der Waals surface area contributed by atoms with Crippen molar-refractivity contribution < 1.29 is 13.9 Å². The molecule has 12 heteroatoms. The van der Waals surface area contributed by atoms with Gasteiger partial charge in [0.1, 0.15) is 34.8 Å². The van der Waals surface area contributed by atoms with Gasteiger partial charge in [0.15, 0.2) is 11.6 Å². The lowest BCUT2D eigenvalue weighted by atomic mass is 10.2. The van der Waals surface area contributed by atoms with Crippen molar-refractivity contribution in [3.05, 3.63) is 72.8 Å². The molecule has 0 atom stereocenters. The Balaban J connectivity index is 1.33. The van der Waals surface area contributed by atoms with E-state index in [-0.39, 0.29) is 0 Å². The van der Waals surface area contributed by atoms with Crippen LogP contribution < -0.4 is 20.3 Å². The number of hydrogen-bond donors (Lipinski definition) is 3. The van der Waals surface area contributed by atoms with Crippen LogP contribution >= 0.6 is 0 Å². The van der Waals surface area contributed by atoms with Crippen LogP contribution in [0.15, 0.2) is 72.4 Å². The summed E-state index contributed by atoms with van der Waals surface area (Å²) in [7, 11) is 1.77. The van der Waals surface area contributed by atoms with Gasteiger partial charge in [0, 0.05) is 45.0 Å². The number of fused-ring (bicyclic) bond motifs is 1. The van der Waals surface area contributed by atoms with E-state index in [2.05, 4.69) is 32.3 Å². The summed E-state index contributed by atoms with van der Waals surface area (Å²) in [4.78, 5) is 29.0. The molecule has 0 radical (unpaired) electrons. The van der Waals surface area contributed by atoms with Crippen LogP contribution in [-0.4, -0.2) is 59.0 Å². The SMILES string of the molecule is C=C(F)C(=O)N1CCN(c2ccc3ncnc(Nc4ccc(Oc5ccc(NC)c(N=N)c5)c(C)c4)c3n2)CC1. The van der Waals surface area contributed by atoms with Crippen molar-refractivity contribution in [1.82, 2.24) is 19.9 Å². The molecule has 0 bridgehead atoms. The molecule has 3 N–H and O–H groups in total. The molecule has 1 amide bonds. The first-order valence-electron chi connectivity index (χ1n) is 12.6. The van der Waals surface area contributed by atoms with E-state index < -0.39 is 11.7 Å². The van der Waals surface area contributed by atoms with E-state index in [0.29, 0.717) is 60.2 Å². The molecule has 2 aromatic carbocycles. The lowest BCUT2D eigenvalue weighted by Crippen LogP contribution is -2.49. The zero-order valence-electron chi connectivity index (χ0n) is 22.1. The first-order chi connectivity index (χ1) is 19.4. The van der Waals surface area contributed by atoms with Crippen molar-refractivity contribution in [3.63, 3.8) is 0 Å². The number of carbonyl (C=O) groups excluding carboxylic acids is 1. The highest BCUT2D eigenvalue weighted by atomic mass is 19.1. The molecule has 5 rings (SSSR count). The van der Waals surface area contributed by atoms with Crippen molar-refractivity contribution in [2.45, 2.75) is 6.92 Å². The molecule has 0 aliphatic carbocycles. The van der Waals surface area contributed by atoms with Crippen LogP contribution in [-0.2, 0) is 4.79 Å². The molecule has 2 aromatic heterocycles. The molecule has 1 fully saturated rings. The predicted molar refractivity (Wildman–Crippen MR) is 152 cm³/mol. The number of carbonyl (C=O) groups is 1. The number of benzene rings is 2. The number of amides is 1. The number of nitrogens with zero attached hydrogens (tertiary/aromatic N) is 6. The van der Waals surface area contributed by atoms with Crippen LogP contribution in [0.4, 0.5) is 33.1 Å². The number of anilines is 4. The van der Waals surface area contributed by atoms with Gasteiger partial charge in [-0.05, 0) is 55.0 Å². The zero-order valence-corrected chi connectivity index (χ0v) is 22.1. The van der Waals surface area contributed by atoms with E-state index >= 15 is 0 Å². The number of aromatic nitrogens is 3. The summed E-state index contributed by atoms with van der Waals surface area (Å²) in [6.45, 7) is 6.84. The maximum atomic E-state index is 13.2. The highest BCUT2D eigenvalue weighted by Gasteiger charge is 2.24. The third-order valence-electron chi connectivity index (χ3n) is 6.61. The summed E-state index contributed by atoms with van der Waals surface area (Å²) in [5.74, 6) is 0.897. The van der Waals surface area contributed by atoms with Crippen LogP contribution in [0.1, 0.15) is 5.56 Å². The quantitative estimate of drug-likeness (QED) is 0.191. The third kappa shape index (κ3) is 5.51. The van der Waals surface area contributed by atoms with Gasteiger partial charge in [0.05, 0.1) is 11.2 Å². The van der Waals surface area contributed by atoms with E-state index in [1.165, 1.54) is 11.2 Å². The average molecular weight is 542 g/mol. The molecule has 3 heterocycles. The van der Waals surface area contributed by atoms with Crippen molar-refractivity contribution in [2.24, 2.45) is 5.11 Å². The summed E-state index contributed by atoms with van der Waals surface area (Å²) >= 11 is 0. The Morgan fingerprint density at radius 1 is 1.10 bits per heavy atom. The van der Waals surface area contributed by atoms with Crippen LogP contribution in [0.5, 0.6) is 11.5 Å². The largest absolute Gasteiger partial charge is 0.457 e. The number of ether oxygens (including phenoxy) is 1. The van der Waals surface area contributed by atoms with Gasteiger partial charge in [-0.2, -0.15) is 5.11 Å². The maximum absolute atomic E-state index is 13.2. The predicted octanol–water partition coefficient (Wildman–Crippen LogP) is 5.71. The second-order valence-electron chi connectivity index (χ2n) is 9.19. The summed E-state index contributed by atoms with van der Waals surface area (Å²) in [6.07, 6.45) is 1.48. The van der Waals surface area contributed by atoms with E-state index in [9.17, 15) is 9.18 Å². The summed E-state index contributed by atoms with van der Waals surface area (Å²) in [5.41, 5.74) is 11.6. The smallest absolute Gasteiger partial charge is 0.282 e. The number of hydrogen-bond acceptors (Lipinski definition) is 10. The molecule has 1 saturated heterocycles. The molecule has 0 saturated carbocycles. The topological polar surface area (TPSA) is 132 Å². The van der Waals surface area contributed by atoms with Gasteiger partial charge in [0.25, 0.3) is 5.91 Å². The lowest BCUT2D eigenvalue weighted by Gasteiger charge is -2.35. The average Bonchev–Trinajstić information content (AvgIpc) is 2.98. The van der Waals surface area contributed by atoms with Crippen molar-refractivity contribution in [2.75, 3.05) is 48.8 Å². The fourth-order valence-corrected chi connectivity index (χ4v) is 4.49. The van der Waals surface area contributed by atoms with Crippen molar-refractivity contribution >= 4 is 45.6 Å². The molecule has 4 aromatic rings. The molecule has 0 spiro atoms. The first kappa shape index (κ1) is 26.5. The minimum Gasteiger partial charge on any atom is -0.457 e. The van der Waals surface area contributed by atoms with Gasteiger partial charge in [-0.25, -0.2) is 24.9 Å². The van der Waals surface area contributed by atoms with E-state index in [4.69, 9.17) is 15.3 Å². The monoisotopic (exact) mass is 541 g/mol. The highest BCUT2D eigenvalue weighted by molar-refractivity contribution is 5.91. The second-order valence-corrected chi connectivity index (χ2v) is 9.19. The van der Waals surface area contributed by atoms with Crippen LogP contribution in [0, 0.1) is 12.5 Å². The molecular weight excluding hydrogens is 513 g/mol. The summed E-state index contributed by atoms with van der Waals surface area (Å²) < 4.78 is 19.3. The van der Waals surface area contributed by atoms with Gasteiger partial charge in [-0.15, -0.1) is 0 Å². The molecular formula is C28H28FN9O2. The standard InChI is InChI=1S/C28H28FN9O2/c1-17-14-19(4-8-24(17)40-20-5-6-21(31-3)23(15-20)36-30)34-27-26-22(32-16-33-27)7-9-25(35-26)37-10-12-38(13-11-37)28(39)18(2)29/h4-9,14-16,30-31H,2,10-13H2,1,3H3,(H,32,33,34). The van der Waals surface area contributed by atoms with Crippen molar-refractivity contribution in [3.8, 4) is 11.5 Å². The number of pyridine rings is 1.